The van der Waals surface area contributed by atoms with Gasteiger partial charge in [0.05, 0.1) is 12.3 Å². The van der Waals surface area contributed by atoms with Gasteiger partial charge in [-0.25, -0.2) is 0 Å². The van der Waals surface area contributed by atoms with Crippen molar-refractivity contribution in [1.82, 2.24) is 0 Å². The van der Waals surface area contributed by atoms with Gasteiger partial charge in [-0.3, -0.25) is 4.79 Å². The molecule has 0 fully saturated rings. The Morgan fingerprint density at radius 1 is 1.25 bits per heavy atom. The third kappa shape index (κ3) is 3.37. The van der Waals surface area contributed by atoms with Crippen LogP contribution in [-0.4, -0.2) is 18.6 Å². The molecular formula is C20H23NO3. The van der Waals surface area contributed by atoms with E-state index in [1.165, 1.54) is 5.56 Å². The zero-order chi connectivity index (χ0) is 17.1. The quantitative estimate of drug-likeness (QED) is 0.895. The van der Waals surface area contributed by atoms with Crippen molar-refractivity contribution in [2.75, 3.05) is 11.9 Å². The molecule has 1 unspecified atom stereocenters. The molecule has 0 radical (unpaired) electrons. The second-order valence-electron chi connectivity index (χ2n) is 6.03. The number of hydrogen-bond acceptors (Lipinski definition) is 3. The van der Waals surface area contributed by atoms with Crippen molar-refractivity contribution in [3.8, 4) is 11.5 Å². The molecule has 2 aromatic rings. The third-order valence-electron chi connectivity index (χ3n) is 4.17. The molecule has 4 nitrogen and oxygen atoms in total. The van der Waals surface area contributed by atoms with Crippen molar-refractivity contribution in [2.24, 2.45) is 0 Å². The van der Waals surface area contributed by atoms with Crippen LogP contribution in [-0.2, 0) is 12.8 Å². The molecule has 0 aromatic heterocycles. The monoisotopic (exact) mass is 325 g/mol. The van der Waals surface area contributed by atoms with Gasteiger partial charge >= 0.3 is 0 Å². The van der Waals surface area contributed by atoms with E-state index in [2.05, 4.69) is 12.2 Å². The normalized spacial score (nSPS) is 15.5. The summed E-state index contributed by atoms with van der Waals surface area (Å²) in [5.41, 5.74) is 3.61. The molecule has 0 bridgehead atoms. The molecule has 1 atom stereocenters. The largest absolute Gasteiger partial charge is 0.492 e. The molecule has 0 aliphatic carbocycles. The zero-order valence-corrected chi connectivity index (χ0v) is 14.4. The summed E-state index contributed by atoms with van der Waals surface area (Å²) >= 11 is 0. The molecule has 1 aliphatic heterocycles. The standard InChI is InChI=1S/C20H23NO3/c1-4-14-6-8-15(9-7-14)20(22)21-17-12-18-16(10-13(3)24-18)11-19(17)23-5-2/h6-9,11-13H,4-5,10H2,1-3H3,(H,21,22). The topological polar surface area (TPSA) is 47.6 Å². The Hall–Kier alpha value is -2.49. The predicted octanol–water partition coefficient (Wildman–Crippen LogP) is 4.22. The Labute approximate surface area is 142 Å². The first-order valence-corrected chi connectivity index (χ1v) is 8.47. The van der Waals surface area contributed by atoms with Gasteiger partial charge in [-0.05, 0) is 44.0 Å². The van der Waals surface area contributed by atoms with Gasteiger partial charge < -0.3 is 14.8 Å². The Kier molecular flexibility index (Phi) is 4.74. The summed E-state index contributed by atoms with van der Waals surface area (Å²) in [5.74, 6) is 1.36. The van der Waals surface area contributed by atoms with Crippen LogP contribution >= 0.6 is 0 Å². The number of carbonyl (C=O) groups is 1. The summed E-state index contributed by atoms with van der Waals surface area (Å²) in [5, 5.41) is 2.95. The minimum absolute atomic E-state index is 0.149. The van der Waals surface area contributed by atoms with Gasteiger partial charge in [0.2, 0.25) is 0 Å². The fraction of sp³-hybridized carbons (Fsp3) is 0.350. The van der Waals surface area contributed by atoms with Gasteiger partial charge in [-0.2, -0.15) is 0 Å². The molecule has 0 saturated heterocycles. The number of anilines is 1. The lowest BCUT2D eigenvalue weighted by molar-refractivity contribution is 0.102. The Balaban J connectivity index is 1.85. The Morgan fingerprint density at radius 3 is 2.67 bits per heavy atom. The number of benzene rings is 2. The number of hydrogen-bond donors (Lipinski definition) is 1. The fourth-order valence-electron chi connectivity index (χ4n) is 2.90. The number of carbonyl (C=O) groups excluding carboxylic acids is 1. The van der Waals surface area contributed by atoms with Crippen molar-refractivity contribution in [1.29, 1.82) is 0 Å². The second-order valence-corrected chi connectivity index (χ2v) is 6.03. The third-order valence-corrected chi connectivity index (χ3v) is 4.17. The molecule has 3 rings (SSSR count). The first kappa shape index (κ1) is 16.4. The number of rotatable bonds is 5. The van der Waals surface area contributed by atoms with Gasteiger partial charge in [0, 0.05) is 23.6 Å². The zero-order valence-electron chi connectivity index (χ0n) is 14.4. The van der Waals surface area contributed by atoms with Crippen LogP contribution in [0.1, 0.15) is 42.3 Å². The highest BCUT2D eigenvalue weighted by Gasteiger charge is 2.22. The summed E-state index contributed by atoms with van der Waals surface area (Å²) in [4.78, 5) is 12.5. The molecular weight excluding hydrogens is 302 g/mol. The van der Waals surface area contributed by atoms with Crippen molar-refractivity contribution >= 4 is 11.6 Å². The number of fused-ring (bicyclic) bond motifs is 1. The van der Waals surface area contributed by atoms with Crippen LogP contribution in [0.3, 0.4) is 0 Å². The number of amides is 1. The van der Waals surface area contributed by atoms with Crippen LogP contribution < -0.4 is 14.8 Å². The fourth-order valence-corrected chi connectivity index (χ4v) is 2.90. The number of ether oxygens (including phenoxy) is 2. The maximum Gasteiger partial charge on any atom is 0.255 e. The number of aryl methyl sites for hydroxylation is 1. The maximum absolute atomic E-state index is 12.5. The highest BCUT2D eigenvalue weighted by atomic mass is 16.5. The van der Waals surface area contributed by atoms with Crippen molar-refractivity contribution in [3.05, 3.63) is 53.1 Å². The van der Waals surface area contributed by atoms with Gasteiger partial charge in [-0.1, -0.05) is 19.1 Å². The van der Waals surface area contributed by atoms with Crippen LogP contribution in [0.5, 0.6) is 11.5 Å². The molecule has 1 N–H and O–H groups in total. The van der Waals surface area contributed by atoms with Gasteiger partial charge in [0.15, 0.2) is 0 Å². The predicted molar refractivity (Wildman–Crippen MR) is 95.2 cm³/mol. The summed E-state index contributed by atoms with van der Waals surface area (Å²) in [6.07, 6.45) is 1.97. The minimum Gasteiger partial charge on any atom is -0.492 e. The van der Waals surface area contributed by atoms with E-state index in [-0.39, 0.29) is 12.0 Å². The van der Waals surface area contributed by atoms with Gasteiger partial charge in [0.1, 0.15) is 17.6 Å². The van der Waals surface area contributed by atoms with Crippen LogP contribution in [0.25, 0.3) is 0 Å². The van der Waals surface area contributed by atoms with Crippen molar-refractivity contribution < 1.29 is 14.3 Å². The van der Waals surface area contributed by atoms with Crippen LogP contribution in [0.4, 0.5) is 5.69 Å². The average molecular weight is 325 g/mol. The summed E-state index contributed by atoms with van der Waals surface area (Å²) in [7, 11) is 0. The lowest BCUT2D eigenvalue weighted by Crippen LogP contribution is -2.13. The van der Waals surface area contributed by atoms with E-state index in [9.17, 15) is 4.79 Å². The molecule has 0 saturated carbocycles. The Bertz CT molecular complexity index is 737. The van der Waals surface area contributed by atoms with Crippen LogP contribution in [0, 0.1) is 0 Å². The molecule has 4 heteroatoms. The molecule has 24 heavy (non-hydrogen) atoms. The van der Waals surface area contributed by atoms with E-state index in [1.807, 2.05) is 50.2 Å². The van der Waals surface area contributed by atoms with Crippen molar-refractivity contribution in [3.63, 3.8) is 0 Å². The van der Waals surface area contributed by atoms with E-state index in [0.717, 1.165) is 24.2 Å². The SMILES string of the molecule is CCOc1cc2c(cc1NC(=O)c1ccc(CC)cc1)OC(C)C2. The molecule has 2 aromatic carbocycles. The average Bonchev–Trinajstić information content (AvgIpc) is 2.94. The molecule has 1 aliphatic rings. The molecule has 1 heterocycles. The summed E-state index contributed by atoms with van der Waals surface area (Å²) in [6, 6.07) is 11.5. The summed E-state index contributed by atoms with van der Waals surface area (Å²) in [6.45, 7) is 6.60. The summed E-state index contributed by atoms with van der Waals surface area (Å²) < 4.78 is 11.5. The van der Waals surface area contributed by atoms with E-state index in [4.69, 9.17) is 9.47 Å². The van der Waals surface area contributed by atoms with Crippen molar-refractivity contribution in [2.45, 2.75) is 39.7 Å². The highest BCUT2D eigenvalue weighted by molar-refractivity contribution is 6.05. The second kappa shape index (κ2) is 6.95. The molecule has 1 amide bonds. The number of nitrogens with one attached hydrogen (secondary N) is 1. The minimum atomic E-state index is -0.149. The molecule has 0 spiro atoms. The van der Waals surface area contributed by atoms with Crippen LogP contribution in [0.2, 0.25) is 0 Å². The lowest BCUT2D eigenvalue weighted by Gasteiger charge is -2.13. The van der Waals surface area contributed by atoms with E-state index >= 15 is 0 Å². The lowest BCUT2D eigenvalue weighted by atomic mass is 10.1. The van der Waals surface area contributed by atoms with E-state index in [0.29, 0.717) is 23.6 Å². The highest BCUT2D eigenvalue weighted by Crippen LogP contribution is 2.38. The molecule has 126 valence electrons. The van der Waals surface area contributed by atoms with E-state index < -0.39 is 0 Å². The first-order valence-electron chi connectivity index (χ1n) is 8.47. The van der Waals surface area contributed by atoms with Gasteiger partial charge in [-0.15, -0.1) is 0 Å². The smallest absolute Gasteiger partial charge is 0.255 e. The van der Waals surface area contributed by atoms with Gasteiger partial charge in [0.25, 0.3) is 5.91 Å². The van der Waals surface area contributed by atoms with E-state index in [1.54, 1.807) is 0 Å². The first-order chi connectivity index (χ1) is 11.6. The van der Waals surface area contributed by atoms with Crippen LogP contribution in [0.15, 0.2) is 36.4 Å². The maximum atomic E-state index is 12.5. The Morgan fingerprint density at radius 2 is 2.00 bits per heavy atom.